The number of hydrogen-bond acceptors (Lipinski definition) is 8. The quantitative estimate of drug-likeness (QED) is 0.271. The molecule has 216 valence electrons. The van der Waals surface area contributed by atoms with Crippen molar-refractivity contribution in [1.29, 1.82) is 0 Å². The number of benzene rings is 3. The average Bonchev–Trinajstić information content (AvgIpc) is 2.96. The lowest BCUT2D eigenvalue weighted by Crippen LogP contribution is -2.61. The predicted molar refractivity (Wildman–Crippen MR) is 151 cm³/mol. The molecule has 1 saturated heterocycles. The van der Waals surface area contributed by atoms with Crippen molar-refractivity contribution in [3.8, 4) is 0 Å². The molecule has 0 bridgehead atoms. The van der Waals surface area contributed by atoms with Crippen LogP contribution in [0.15, 0.2) is 91.0 Å². The first-order chi connectivity index (χ1) is 19.4. The van der Waals surface area contributed by atoms with Crippen LogP contribution in [0.1, 0.15) is 29.5 Å². The third-order valence-electron chi connectivity index (χ3n) is 6.63. The Morgan fingerprint density at radius 3 is 1.70 bits per heavy atom. The van der Waals surface area contributed by atoms with Gasteiger partial charge >= 0.3 is 0 Å². The first-order valence-corrected chi connectivity index (χ1v) is 15.3. The van der Waals surface area contributed by atoms with E-state index < -0.39 is 40.6 Å². The van der Waals surface area contributed by atoms with Crippen molar-refractivity contribution in [2.24, 2.45) is 0 Å². The van der Waals surface area contributed by atoms with E-state index >= 15 is 0 Å². The van der Waals surface area contributed by atoms with Crippen molar-refractivity contribution in [3.63, 3.8) is 0 Å². The van der Waals surface area contributed by atoms with Gasteiger partial charge in [0, 0.05) is 6.61 Å². The Hall–Kier alpha value is -2.63. The fraction of sp³-hybridized carbons (Fsp3) is 0.419. The molecule has 0 saturated carbocycles. The van der Waals surface area contributed by atoms with Gasteiger partial charge in [0.2, 0.25) is 0 Å². The van der Waals surface area contributed by atoms with Gasteiger partial charge in [-0.2, -0.15) is 8.42 Å². The number of aliphatic hydroxyl groups is 1. The third kappa shape index (κ3) is 9.49. The fourth-order valence-corrected chi connectivity index (χ4v) is 5.40. The number of hydrogen-bond donors (Lipinski definition) is 1. The third-order valence-corrected chi connectivity index (χ3v) is 7.20. The lowest BCUT2D eigenvalue weighted by Gasteiger charge is -2.45. The summed E-state index contributed by atoms with van der Waals surface area (Å²) in [6.07, 6.45) is -1.90. The fourth-order valence-electron chi connectivity index (χ4n) is 4.76. The van der Waals surface area contributed by atoms with E-state index in [1.54, 1.807) is 0 Å². The minimum atomic E-state index is -3.87. The Labute approximate surface area is 236 Å². The summed E-state index contributed by atoms with van der Waals surface area (Å²) in [6.45, 7) is 1.00. The van der Waals surface area contributed by atoms with Crippen LogP contribution in [0.5, 0.6) is 0 Å². The molecule has 1 aliphatic rings. The smallest absolute Gasteiger partial charge is 0.264 e. The van der Waals surface area contributed by atoms with Crippen LogP contribution in [0, 0.1) is 0 Å². The molecule has 0 spiro atoms. The zero-order valence-electron chi connectivity index (χ0n) is 22.7. The summed E-state index contributed by atoms with van der Waals surface area (Å²) >= 11 is 0. The second-order valence-electron chi connectivity index (χ2n) is 9.87. The molecule has 1 heterocycles. The van der Waals surface area contributed by atoms with Gasteiger partial charge in [-0.15, -0.1) is 0 Å². The van der Waals surface area contributed by atoms with Crippen molar-refractivity contribution in [2.45, 2.75) is 63.2 Å². The molecule has 0 aromatic heterocycles. The molecule has 1 N–H and O–H groups in total. The molecule has 5 atom stereocenters. The Kier molecular flexibility index (Phi) is 11.7. The van der Waals surface area contributed by atoms with Crippen molar-refractivity contribution in [1.82, 2.24) is 0 Å². The van der Waals surface area contributed by atoms with Crippen LogP contribution in [-0.2, 0) is 53.1 Å². The van der Waals surface area contributed by atoms with Gasteiger partial charge in [-0.05, 0) is 29.5 Å². The Balaban J connectivity index is 1.62. The molecule has 1 fully saturated rings. The van der Waals surface area contributed by atoms with E-state index in [0.717, 1.165) is 22.9 Å². The second kappa shape index (κ2) is 15.4. The summed E-state index contributed by atoms with van der Waals surface area (Å²) in [7, 11) is -3.87. The van der Waals surface area contributed by atoms with E-state index in [2.05, 4.69) is 0 Å². The molecule has 0 radical (unpaired) electrons. The molecule has 0 aliphatic carbocycles. The van der Waals surface area contributed by atoms with Crippen LogP contribution in [0.3, 0.4) is 0 Å². The normalized spacial score (nSPS) is 23.2. The standard InChI is InChI=1S/C31H38O8S/c1-40(33,34)39-30-27(18-11-19-32)38-28(23-35-20-24-12-5-2-6-13-24)29(36-21-25-14-7-3-8-15-25)31(30)37-22-26-16-9-4-10-17-26/h2-10,12-17,27-32H,11,18-23H2,1H3/t27-,28-,29-,30+,31+/m1/s1. The summed E-state index contributed by atoms with van der Waals surface area (Å²) in [5, 5.41) is 9.53. The molecular formula is C31H38O8S. The van der Waals surface area contributed by atoms with Crippen molar-refractivity contribution >= 4 is 10.1 Å². The molecule has 40 heavy (non-hydrogen) atoms. The molecule has 3 aromatic carbocycles. The van der Waals surface area contributed by atoms with Gasteiger partial charge in [0.25, 0.3) is 10.1 Å². The molecular weight excluding hydrogens is 532 g/mol. The Bertz CT molecular complexity index is 1220. The van der Waals surface area contributed by atoms with E-state index in [-0.39, 0.29) is 26.4 Å². The largest absolute Gasteiger partial charge is 0.396 e. The minimum Gasteiger partial charge on any atom is -0.396 e. The predicted octanol–water partition coefficient (Wildman–Crippen LogP) is 4.26. The van der Waals surface area contributed by atoms with Gasteiger partial charge in [-0.1, -0.05) is 91.0 Å². The van der Waals surface area contributed by atoms with E-state index in [4.69, 9.17) is 23.1 Å². The minimum absolute atomic E-state index is 0.0654. The number of ether oxygens (including phenoxy) is 4. The van der Waals surface area contributed by atoms with E-state index in [1.165, 1.54) is 0 Å². The van der Waals surface area contributed by atoms with Gasteiger partial charge in [0.1, 0.15) is 24.4 Å². The second-order valence-corrected chi connectivity index (χ2v) is 11.5. The van der Waals surface area contributed by atoms with Crippen molar-refractivity contribution in [2.75, 3.05) is 19.5 Å². The highest BCUT2D eigenvalue weighted by atomic mass is 32.2. The highest BCUT2D eigenvalue weighted by Gasteiger charge is 2.49. The first-order valence-electron chi connectivity index (χ1n) is 13.5. The van der Waals surface area contributed by atoms with E-state index in [1.807, 2.05) is 91.0 Å². The highest BCUT2D eigenvalue weighted by molar-refractivity contribution is 7.86. The zero-order valence-corrected chi connectivity index (χ0v) is 23.5. The molecule has 3 aromatic rings. The molecule has 1 aliphatic heterocycles. The molecule has 9 heteroatoms. The highest BCUT2D eigenvalue weighted by Crippen LogP contribution is 2.33. The van der Waals surface area contributed by atoms with Crippen LogP contribution in [0.2, 0.25) is 0 Å². The van der Waals surface area contributed by atoms with Gasteiger partial charge in [-0.3, -0.25) is 4.18 Å². The average molecular weight is 571 g/mol. The van der Waals surface area contributed by atoms with E-state index in [9.17, 15) is 13.5 Å². The maximum absolute atomic E-state index is 12.4. The number of aliphatic hydroxyl groups excluding tert-OH is 1. The van der Waals surface area contributed by atoms with Gasteiger partial charge < -0.3 is 24.1 Å². The first kappa shape index (κ1) is 30.3. The summed E-state index contributed by atoms with van der Waals surface area (Å²) in [5.41, 5.74) is 2.90. The lowest BCUT2D eigenvalue weighted by atomic mass is 9.92. The molecule has 8 nitrogen and oxygen atoms in total. The van der Waals surface area contributed by atoms with Crippen LogP contribution >= 0.6 is 0 Å². The van der Waals surface area contributed by atoms with Crippen LogP contribution in [-0.4, -0.2) is 63.5 Å². The Morgan fingerprint density at radius 2 is 1.20 bits per heavy atom. The molecule has 0 amide bonds. The van der Waals surface area contributed by atoms with Crippen molar-refractivity contribution < 1.29 is 36.7 Å². The summed E-state index contributed by atoms with van der Waals surface area (Å²) in [4.78, 5) is 0. The van der Waals surface area contributed by atoms with Gasteiger partial charge in [-0.25, -0.2) is 0 Å². The summed E-state index contributed by atoms with van der Waals surface area (Å²) < 4.78 is 55.7. The lowest BCUT2D eigenvalue weighted by molar-refractivity contribution is -0.256. The SMILES string of the molecule is CS(=O)(=O)O[C@@H]1[C@@H](OCc2ccccc2)[C@H](OCc2ccccc2)[C@@H](COCc2ccccc2)O[C@@H]1CCCO. The van der Waals surface area contributed by atoms with Gasteiger partial charge in [0.15, 0.2) is 0 Å². The van der Waals surface area contributed by atoms with Crippen LogP contribution in [0.25, 0.3) is 0 Å². The van der Waals surface area contributed by atoms with Crippen molar-refractivity contribution in [3.05, 3.63) is 108 Å². The Morgan fingerprint density at radius 1 is 0.700 bits per heavy atom. The maximum atomic E-state index is 12.4. The number of rotatable bonds is 15. The molecule has 0 unspecified atom stereocenters. The topological polar surface area (TPSA) is 101 Å². The maximum Gasteiger partial charge on any atom is 0.264 e. The van der Waals surface area contributed by atoms with Gasteiger partial charge in [0.05, 0.1) is 38.8 Å². The summed E-state index contributed by atoms with van der Waals surface area (Å²) in [6, 6.07) is 29.2. The zero-order chi connectivity index (χ0) is 28.2. The molecule has 4 rings (SSSR count). The van der Waals surface area contributed by atoms with Crippen LogP contribution in [0.4, 0.5) is 0 Å². The van der Waals surface area contributed by atoms with E-state index in [0.29, 0.717) is 19.4 Å². The summed E-state index contributed by atoms with van der Waals surface area (Å²) in [5.74, 6) is 0. The van der Waals surface area contributed by atoms with Crippen LogP contribution < -0.4 is 0 Å². The monoisotopic (exact) mass is 570 g/mol.